The number of benzene rings is 4. The summed E-state index contributed by atoms with van der Waals surface area (Å²) in [6, 6.07) is 25.0. The molecule has 4 aromatic carbocycles. The quantitative estimate of drug-likeness (QED) is 0.110. The minimum absolute atomic E-state index is 0.00913. The van der Waals surface area contributed by atoms with Crippen LogP contribution in [-0.2, 0) is 11.4 Å². The number of imide groups is 1. The molecular weight excluding hydrogens is 544 g/mol. The number of nitrogens with zero attached hydrogens (tertiary/aromatic N) is 2. The van der Waals surface area contributed by atoms with Crippen molar-refractivity contribution in [3.63, 3.8) is 0 Å². The molecule has 1 heterocycles. The van der Waals surface area contributed by atoms with Crippen molar-refractivity contribution in [2.24, 2.45) is 0 Å². The number of thioether (sulfide) groups is 1. The van der Waals surface area contributed by atoms with E-state index in [0.29, 0.717) is 34.3 Å². The van der Waals surface area contributed by atoms with Crippen molar-refractivity contribution in [1.82, 2.24) is 4.90 Å². The van der Waals surface area contributed by atoms with Gasteiger partial charge in [0.25, 0.3) is 16.8 Å². The van der Waals surface area contributed by atoms with E-state index in [0.717, 1.165) is 28.1 Å². The Morgan fingerprint density at radius 1 is 0.878 bits per heavy atom. The number of nitro benzene ring substituents is 1. The average Bonchev–Trinajstić information content (AvgIpc) is 3.24. The molecule has 1 aliphatic heterocycles. The van der Waals surface area contributed by atoms with Gasteiger partial charge in [0, 0.05) is 17.5 Å². The molecule has 0 aliphatic carbocycles. The van der Waals surface area contributed by atoms with Crippen molar-refractivity contribution < 1.29 is 28.7 Å². The summed E-state index contributed by atoms with van der Waals surface area (Å²) in [5, 5.41) is 12.5. The van der Waals surface area contributed by atoms with Crippen molar-refractivity contribution >= 4 is 45.4 Å². The van der Waals surface area contributed by atoms with Gasteiger partial charge in [0.05, 0.1) is 23.0 Å². The lowest BCUT2D eigenvalue weighted by Gasteiger charge is -2.14. The van der Waals surface area contributed by atoms with Crippen LogP contribution >= 0.6 is 11.8 Å². The van der Waals surface area contributed by atoms with Crippen LogP contribution in [0.25, 0.3) is 16.8 Å². The molecule has 9 nitrogen and oxygen atoms in total. The first-order valence-corrected chi connectivity index (χ1v) is 13.7. The number of fused-ring (bicyclic) bond motifs is 1. The van der Waals surface area contributed by atoms with E-state index in [1.807, 2.05) is 49.4 Å². The van der Waals surface area contributed by atoms with E-state index in [2.05, 4.69) is 0 Å². The summed E-state index contributed by atoms with van der Waals surface area (Å²) in [7, 11) is 0. The Hall–Kier alpha value is -4.83. The number of hydrogen-bond acceptors (Lipinski definition) is 8. The largest absolute Gasteiger partial charge is 0.491 e. The second-order valence-corrected chi connectivity index (χ2v) is 10.0. The van der Waals surface area contributed by atoms with E-state index < -0.39 is 4.92 Å². The molecular formula is C31H26N2O7S. The summed E-state index contributed by atoms with van der Waals surface area (Å²) >= 11 is 0.882. The number of carbonyl (C=O) groups excluding carboxylic acids is 2. The molecule has 208 valence electrons. The van der Waals surface area contributed by atoms with Crippen LogP contribution in [0, 0.1) is 10.1 Å². The normalized spacial score (nSPS) is 14.1. The van der Waals surface area contributed by atoms with Gasteiger partial charge in [-0.3, -0.25) is 24.6 Å². The Morgan fingerprint density at radius 2 is 1.66 bits per heavy atom. The summed E-state index contributed by atoms with van der Waals surface area (Å²) in [5.74, 6) is 1.29. The monoisotopic (exact) mass is 570 g/mol. The highest BCUT2D eigenvalue weighted by molar-refractivity contribution is 8.18. The summed E-state index contributed by atoms with van der Waals surface area (Å²) in [5.41, 5.74) is 1.45. The van der Waals surface area contributed by atoms with E-state index >= 15 is 0 Å². The smallest absolute Gasteiger partial charge is 0.293 e. The average molecular weight is 571 g/mol. The molecule has 0 unspecified atom stereocenters. The molecule has 0 N–H and O–H groups in total. The third-order valence-electron chi connectivity index (χ3n) is 6.30. The van der Waals surface area contributed by atoms with Crippen LogP contribution in [0.2, 0.25) is 0 Å². The standard InChI is InChI=1S/C31H26N2O7S/c1-2-38-28-18-22(12-15-27(28)40-20-21-10-13-24(14-11-21)33(36)37)19-29-30(34)32(31(35)41-29)16-17-39-26-9-5-7-23-6-3-4-8-25(23)26/h3-15,18-19H,2,16-17,20H2,1H3/b29-19-. The molecule has 2 amide bonds. The van der Waals surface area contributed by atoms with Crippen molar-refractivity contribution in [2.75, 3.05) is 19.8 Å². The minimum Gasteiger partial charge on any atom is -0.491 e. The number of amides is 2. The SMILES string of the molecule is CCOc1cc(/C=C2\SC(=O)N(CCOc3cccc4ccccc34)C2=O)ccc1OCc1ccc([N+](=O)[O-])cc1. The van der Waals surface area contributed by atoms with Gasteiger partial charge in [-0.2, -0.15) is 0 Å². The molecule has 1 aliphatic rings. The zero-order chi connectivity index (χ0) is 28.8. The highest BCUT2D eigenvalue weighted by atomic mass is 32.2. The molecule has 0 radical (unpaired) electrons. The maximum Gasteiger partial charge on any atom is 0.293 e. The van der Waals surface area contributed by atoms with Crippen molar-refractivity contribution in [3.05, 3.63) is 111 Å². The predicted molar refractivity (Wildman–Crippen MR) is 157 cm³/mol. The number of carbonyl (C=O) groups is 2. The van der Waals surface area contributed by atoms with Gasteiger partial charge in [0.2, 0.25) is 0 Å². The highest BCUT2D eigenvalue weighted by Gasteiger charge is 2.34. The first-order chi connectivity index (χ1) is 19.9. The third kappa shape index (κ3) is 6.50. The van der Waals surface area contributed by atoms with Gasteiger partial charge >= 0.3 is 0 Å². The highest BCUT2D eigenvalue weighted by Crippen LogP contribution is 2.35. The number of non-ortho nitro benzene ring substituents is 1. The molecule has 0 atom stereocenters. The van der Waals surface area contributed by atoms with E-state index in [-0.39, 0.29) is 36.6 Å². The molecule has 10 heteroatoms. The van der Waals surface area contributed by atoms with Gasteiger partial charge in [-0.05, 0) is 71.6 Å². The fourth-order valence-corrected chi connectivity index (χ4v) is 5.15. The second-order valence-electron chi connectivity index (χ2n) is 9.01. The molecule has 0 saturated carbocycles. The lowest BCUT2D eigenvalue weighted by Crippen LogP contribution is -2.32. The van der Waals surface area contributed by atoms with Crippen LogP contribution in [0.5, 0.6) is 17.2 Å². The Morgan fingerprint density at radius 3 is 2.44 bits per heavy atom. The maximum atomic E-state index is 13.0. The molecule has 1 saturated heterocycles. The Labute approximate surface area is 240 Å². The topological polar surface area (TPSA) is 108 Å². The molecule has 4 aromatic rings. The van der Waals surface area contributed by atoms with Crippen LogP contribution < -0.4 is 14.2 Å². The van der Waals surface area contributed by atoms with Crippen molar-refractivity contribution in [3.8, 4) is 17.2 Å². The van der Waals surface area contributed by atoms with Crippen LogP contribution in [-0.4, -0.2) is 40.7 Å². The van der Waals surface area contributed by atoms with Gasteiger partial charge in [-0.1, -0.05) is 42.5 Å². The summed E-state index contributed by atoms with van der Waals surface area (Å²) in [6.07, 6.45) is 1.65. The van der Waals surface area contributed by atoms with Gasteiger partial charge < -0.3 is 14.2 Å². The molecule has 5 rings (SSSR count). The summed E-state index contributed by atoms with van der Waals surface area (Å²) in [6.45, 7) is 2.74. The Bertz CT molecular complexity index is 1630. The summed E-state index contributed by atoms with van der Waals surface area (Å²) < 4.78 is 17.6. The van der Waals surface area contributed by atoms with Gasteiger partial charge in [-0.25, -0.2) is 0 Å². The van der Waals surface area contributed by atoms with Crippen LogP contribution in [0.15, 0.2) is 89.8 Å². The fraction of sp³-hybridized carbons (Fsp3) is 0.161. The van der Waals surface area contributed by atoms with Gasteiger partial charge in [0.1, 0.15) is 19.0 Å². The number of nitro groups is 1. The zero-order valence-electron chi connectivity index (χ0n) is 22.1. The molecule has 0 aromatic heterocycles. The Kier molecular flexibility index (Phi) is 8.50. The van der Waals surface area contributed by atoms with Gasteiger partial charge in [-0.15, -0.1) is 0 Å². The fourth-order valence-electron chi connectivity index (χ4n) is 4.29. The molecule has 0 bridgehead atoms. The van der Waals surface area contributed by atoms with E-state index in [1.54, 1.807) is 36.4 Å². The first kappa shape index (κ1) is 27.7. The molecule has 0 spiro atoms. The predicted octanol–water partition coefficient (Wildman–Crippen LogP) is 6.84. The van der Waals surface area contributed by atoms with Crippen LogP contribution in [0.3, 0.4) is 0 Å². The van der Waals surface area contributed by atoms with E-state index in [4.69, 9.17) is 14.2 Å². The van der Waals surface area contributed by atoms with Crippen molar-refractivity contribution in [1.29, 1.82) is 0 Å². The minimum atomic E-state index is -0.453. The van der Waals surface area contributed by atoms with Crippen molar-refractivity contribution in [2.45, 2.75) is 13.5 Å². The summed E-state index contributed by atoms with van der Waals surface area (Å²) in [4.78, 5) is 37.6. The number of rotatable bonds is 11. The zero-order valence-corrected chi connectivity index (χ0v) is 23.0. The van der Waals surface area contributed by atoms with Gasteiger partial charge in [0.15, 0.2) is 11.5 Å². The van der Waals surface area contributed by atoms with E-state index in [1.165, 1.54) is 17.0 Å². The van der Waals surface area contributed by atoms with Crippen LogP contribution in [0.1, 0.15) is 18.1 Å². The van der Waals surface area contributed by atoms with E-state index in [9.17, 15) is 19.7 Å². The maximum absolute atomic E-state index is 13.0. The molecule has 1 fully saturated rings. The molecule has 41 heavy (non-hydrogen) atoms. The lowest BCUT2D eigenvalue weighted by molar-refractivity contribution is -0.384. The first-order valence-electron chi connectivity index (χ1n) is 12.9. The van der Waals surface area contributed by atoms with Crippen LogP contribution in [0.4, 0.5) is 10.5 Å². The number of hydrogen-bond donors (Lipinski definition) is 0. The Balaban J connectivity index is 1.23. The third-order valence-corrected chi connectivity index (χ3v) is 7.21. The second kappa shape index (κ2) is 12.6. The lowest BCUT2D eigenvalue weighted by atomic mass is 10.1. The number of ether oxygens (including phenoxy) is 3.